The third-order valence-electron chi connectivity index (χ3n) is 5.47. The molecule has 0 radical (unpaired) electrons. The van der Waals surface area contributed by atoms with Crippen LogP contribution in [0.1, 0.15) is 67.7 Å². The SMILES string of the molecule is CC1CC2CC(=O)OC1C2OC(=O)COC(=O)C(CC(C)(C)C)C(C)(C)C. The van der Waals surface area contributed by atoms with Crippen molar-refractivity contribution in [2.24, 2.45) is 28.6 Å². The zero-order valence-electron chi connectivity index (χ0n) is 17.7. The van der Waals surface area contributed by atoms with Crippen molar-refractivity contribution in [1.29, 1.82) is 0 Å². The van der Waals surface area contributed by atoms with Gasteiger partial charge in [0.25, 0.3) is 0 Å². The van der Waals surface area contributed by atoms with Gasteiger partial charge in [-0.1, -0.05) is 48.5 Å². The van der Waals surface area contributed by atoms with Gasteiger partial charge in [0, 0.05) is 5.92 Å². The van der Waals surface area contributed by atoms with Crippen LogP contribution in [0.2, 0.25) is 0 Å². The van der Waals surface area contributed by atoms with Crippen LogP contribution < -0.4 is 0 Å². The fraction of sp³-hybridized carbons (Fsp3) is 0.857. The van der Waals surface area contributed by atoms with E-state index in [2.05, 4.69) is 20.8 Å². The summed E-state index contributed by atoms with van der Waals surface area (Å²) in [4.78, 5) is 36.4. The third-order valence-corrected chi connectivity index (χ3v) is 5.47. The van der Waals surface area contributed by atoms with E-state index < -0.39 is 18.7 Å². The summed E-state index contributed by atoms with van der Waals surface area (Å²) in [7, 11) is 0. The molecule has 154 valence electrons. The highest BCUT2D eigenvalue weighted by atomic mass is 16.6. The lowest BCUT2D eigenvalue weighted by molar-refractivity contribution is -0.183. The Kier molecular flexibility index (Phi) is 6.27. The van der Waals surface area contributed by atoms with Crippen LogP contribution >= 0.6 is 0 Å². The van der Waals surface area contributed by atoms with Gasteiger partial charge in [-0.2, -0.15) is 0 Å². The van der Waals surface area contributed by atoms with Gasteiger partial charge in [-0.15, -0.1) is 0 Å². The lowest BCUT2D eigenvalue weighted by atomic mass is 9.72. The monoisotopic (exact) mass is 382 g/mol. The van der Waals surface area contributed by atoms with Crippen LogP contribution in [-0.4, -0.2) is 36.7 Å². The first-order valence-corrected chi connectivity index (χ1v) is 9.83. The van der Waals surface area contributed by atoms with Crippen molar-refractivity contribution in [2.75, 3.05) is 6.61 Å². The van der Waals surface area contributed by atoms with Gasteiger partial charge in [0.1, 0.15) is 12.2 Å². The highest BCUT2D eigenvalue weighted by Gasteiger charge is 2.50. The molecule has 2 rings (SSSR count). The van der Waals surface area contributed by atoms with Crippen molar-refractivity contribution in [1.82, 2.24) is 0 Å². The van der Waals surface area contributed by atoms with E-state index in [9.17, 15) is 14.4 Å². The second-order valence-corrected chi connectivity index (χ2v) is 10.4. The summed E-state index contributed by atoms with van der Waals surface area (Å²) >= 11 is 0. The summed E-state index contributed by atoms with van der Waals surface area (Å²) in [5.74, 6) is -1.34. The number of carbonyl (C=O) groups is 3. The van der Waals surface area contributed by atoms with Crippen LogP contribution in [0.25, 0.3) is 0 Å². The number of ether oxygens (including phenoxy) is 3. The van der Waals surface area contributed by atoms with Crippen molar-refractivity contribution < 1.29 is 28.6 Å². The van der Waals surface area contributed by atoms with Gasteiger partial charge in [-0.05, 0) is 29.6 Å². The van der Waals surface area contributed by atoms with E-state index in [1.807, 2.05) is 27.7 Å². The highest BCUT2D eigenvalue weighted by Crippen LogP contribution is 2.41. The fourth-order valence-electron chi connectivity index (χ4n) is 4.07. The van der Waals surface area contributed by atoms with Crippen molar-refractivity contribution in [3.63, 3.8) is 0 Å². The van der Waals surface area contributed by atoms with Gasteiger partial charge in [0.15, 0.2) is 6.61 Å². The standard InChI is InChI=1S/C21H34O6/c1-12-8-13-9-15(22)26-17(12)18(13)27-16(23)11-25-19(24)14(21(5,6)7)10-20(2,3)4/h12-14,17-18H,8-11H2,1-7H3. The lowest BCUT2D eigenvalue weighted by Crippen LogP contribution is -2.42. The molecule has 1 aliphatic carbocycles. The van der Waals surface area contributed by atoms with Crippen molar-refractivity contribution in [3.05, 3.63) is 0 Å². The molecule has 2 bridgehead atoms. The summed E-state index contributed by atoms with van der Waals surface area (Å²) in [5.41, 5.74) is -0.292. The average molecular weight is 382 g/mol. The Morgan fingerprint density at radius 2 is 1.81 bits per heavy atom. The number of carbonyl (C=O) groups excluding carboxylic acids is 3. The van der Waals surface area contributed by atoms with Crippen molar-refractivity contribution >= 4 is 17.9 Å². The number of esters is 3. The van der Waals surface area contributed by atoms with E-state index in [0.717, 1.165) is 6.42 Å². The van der Waals surface area contributed by atoms with Crippen molar-refractivity contribution in [2.45, 2.75) is 79.9 Å². The van der Waals surface area contributed by atoms with Gasteiger partial charge in [0.05, 0.1) is 12.3 Å². The predicted octanol–water partition coefficient (Wildman–Crippen LogP) is 3.51. The van der Waals surface area contributed by atoms with Gasteiger partial charge >= 0.3 is 17.9 Å². The molecular weight excluding hydrogens is 348 g/mol. The van der Waals surface area contributed by atoms with E-state index in [0.29, 0.717) is 6.42 Å². The van der Waals surface area contributed by atoms with E-state index in [1.54, 1.807) is 0 Å². The smallest absolute Gasteiger partial charge is 0.344 e. The first-order valence-electron chi connectivity index (χ1n) is 9.83. The molecular formula is C21H34O6. The van der Waals surface area contributed by atoms with Crippen molar-refractivity contribution in [3.8, 4) is 0 Å². The molecule has 1 heterocycles. The Balaban J connectivity index is 1.91. The highest BCUT2D eigenvalue weighted by molar-refractivity contribution is 5.78. The summed E-state index contributed by atoms with van der Waals surface area (Å²) in [6.07, 6.45) is 0.920. The van der Waals surface area contributed by atoms with Gasteiger partial charge in [0.2, 0.25) is 0 Å². The summed E-state index contributed by atoms with van der Waals surface area (Å²) < 4.78 is 16.2. The Hall–Kier alpha value is -1.59. The third kappa shape index (κ3) is 5.69. The fourth-order valence-corrected chi connectivity index (χ4v) is 4.07. The Morgan fingerprint density at radius 1 is 1.19 bits per heavy atom. The number of hydrogen-bond donors (Lipinski definition) is 0. The normalized spacial score (nSPS) is 29.1. The summed E-state index contributed by atoms with van der Waals surface area (Å²) in [5, 5.41) is 0. The predicted molar refractivity (Wildman–Crippen MR) is 99.6 cm³/mol. The maximum atomic E-state index is 12.6. The first-order chi connectivity index (χ1) is 12.3. The Bertz CT molecular complexity index is 582. The molecule has 2 fully saturated rings. The minimum Gasteiger partial charge on any atom is -0.458 e. The Labute approximate surface area is 162 Å². The molecule has 27 heavy (non-hydrogen) atoms. The van der Waals surface area contributed by atoms with E-state index in [1.165, 1.54) is 0 Å². The van der Waals surface area contributed by atoms with E-state index in [4.69, 9.17) is 14.2 Å². The van der Waals surface area contributed by atoms with E-state index in [-0.39, 0.29) is 53.0 Å². The zero-order chi connectivity index (χ0) is 20.6. The maximum absolute atomic E-state index is 12.6. The molecule has 1 saturated heterocycles. The van der Waals surface area contributed by atoms with Crippen LogP contribution in [0.15, 0.2) is 0 Å². The van der Waals surface area contributed by atoms with Crippen LogP contribution in [0.5, 0.6) is 0 Å². The van der Waals surface area contributed by atoms with Crippen LogP contribution in [0.3, 0.4) is 0 Å². The molecule has 0 spiro atoms. The largest absolute Gasteiger partial charge is 0.458 e. The second-order valence-electron chi connectivity index (χ2n) is 10.4. The summed E-state index contributed by atoms with van der Waals surface area (Å²) in [6, 6.07) is 0. The molecule has 2 aliphatic rings. The molecule has 0 aromatic rings. The summed E-state index contributed by atoms with van der Waals surface area (Å²) in [6.45, 7) is 13.8. The molecule has 6 heteroatoms. The zero-order valence-corrected chi connectivity index (χ0v) is 17.7. The van der Waals surface area contributed by atoms with Gasteiger partial charge < -0.3 is 14.2 Å². The molecule has 5 atom stereocenters. The molecule has 0 aromatic carbocycles. The minimum atomic E-state index is -0.584. The lowest BCUT2D eigenvalue weighted by Gasteiger charge is -2.34. The molecule has 0 aromatic heterocycles. The number of hydrogen-bond acceptors (Lipinski definition) is 6. The number of fused-ring (bicyclic) bond motifs is 2. The maximum Gasteiger partial charge on any atom is 0.344 e. The Morgan fingerprint density at radius 3 is 2.33 bits per heavy atom. The molecule has 0 N–H and O–H groups in total. The molecule has 5 unspecified atom stereocenters. The van der Waals surface area contributed by atoms with Crippen LogP contribution in [0.4, 0.5) is 0 Å². The average Bonchev–Trinajstić information content (AvgIpc) is 2.67. The molecule has 1 aliphatic heterocycles. The van der Waals surface area contributed by atoms with E-state index >= 15 is 0 Å². The topological polar surface area (TPSA) is 78.9 Å². The first kappa shape index (κ1) is 21.7. The van der Waals surface area contributed by atoms with Gasteiger partial charge in [-0.3, -0.25) is 9.59 Å². The number of rotatable bonds is 5. The molecule has 0 amide bonds. The minimum absolute atomic E-state index is 0.00545. The van der Waals surface area contributed by atoms with Crippen LogP contribution in [0, 0.1) is 28.6 Å². The second kappa shape index (κ2) is 7.80. The molecule has 6 nitrogen and oxygen atoms in total. The van der Waals surface area contributed by atoms with Gasteiger partial charge in [-0.25, -0.2) is 4.79 Å². The quantitative estimate of drug-likeness (QED) is 0.535. The van der Waals surface area contributed by atoms with Crippen LogP contribution in [-0.2, 0) is 28.6 Å². The molecule has 1 saturated carbocycles.